The minimum Gasteiger partial charge on any atom is -0.489 e. The molecule has 3 fully saturated rings. The van der Waals surface area contributed by atoms with Gasteiger partial charge in [-0.25, -0.2) is 4.39 Å². The van der Waals surface area contributed by atoms with Crippen molar-refractivity contribution in [1.82, 2.24) is 15.1 Å². The standard InChI is InChI=1S/C25H37FN4O3/c1-18(2)33-23-15-21(26)6-7-22(23)29-12-10-28(11-13-29)8-3-9-30-24(31)14-20(25(30)32)17-27-16-19-4-5-19/h6-7,15,18-20,27H,3-5,8-14,16-17H2,1-2H3. The fraction of sp³-hybridized carbons (Fsp3) is 0.680. The van der Waals surface area contributed by atoms with Crippen LogP contribution in [0.1, 0.15) is 39.5 Å². The van der Waals surface area contributed by atoms with Crippen molar-refractivity contribution < 1.29 is 18.7 Å². The van der Waals surface area contributed by atoms with E-state index in [1.807, 2.05) is 13.8 Å². The Bertz CT molecular complexity index is 837. The van der Waals surface area contributed by atoms with Crippen LogP contribution in [0.15, 0.2) is 18.2 Å². The molecule has 2 heterocycles. The normalized spacial score (nSPS) is 22.0. The van der Waals surface area contributed by atoms with Crippen LogP contribution >= 0.6 is 0 Å². The van der Waals surface area contributed by atoms with Gasteiger partial charge in [-0.1, -0.05) is 0 Å². The van der Waals surface area contributed by atoms with Crippen molar-refractivity contribution in [3.63, 3.8) is 0 Å². The molecular formula is C25H37FN4O3. The van der Waals surface area contributed by atoms with Crippen LogP contribution in [0.5, 0.6) is 5.75 Å². The molecule has 0 aromatic heterocycles. The number of amides is 2. The third-order valence-corrected chi connectivity index (χ3v) is 6.71. The maximum atomic E-state index is 13.7. The number of carbonyl (C=O) groups is 2. The highest BCUT2D eigenvalue weighted by Gasteiger charge is 2.38. The Morgan fingerprint density at radius 1 is 1.09 bits per heavy atom. The Hall–Kier alpha value is -2.19. The van der Waals surface area contributed by atoms with E-state index in [9.17, 15) is 14.0 Å². The highest BCUT2D eigenvalue weighted by Crippen LogP contribution is 2.31. The first-order chi connectivity index (χ1) is 15.9. The number of halogens is 1. The summed E-state index contributed by atoms with van der Waals surface area (Å²) < 4.78 is 19.5. The first-order valence-corrected chi connectivity index (χ1v) is 12.4. The molecule has 2 aliphatic heterocycles. The number of hydrogen-bond donors (Lipinski definition) is 1. The number of rotatable bonds is 11. The van der Waals surface area contributed by atoms with Crippen molar-refractivity contribution in [2.45, 2.75) is 45.6 Å². The second kappa shape index (κ2) is 10.8. The number of ether oxygens (including phenoxy) is 1. The van der Waals surface area contributed by atoms with E-state index in [2.05, 4.69) is 15.1 Å². The summed E-state index contributed by atoms with van der Waals surface area (Å²) in [5, 5.41) is 3.36. The van der Waals surface area contributed by atoms with Crippen LogP contribution in [-0.2, 0) is 9.59 Å². The lowest BCUT2D eigenvalue weighted by atomic mass is 10.1. The van der Waals surface area contributed by atoms with Gasteiger partial charge in [-0.15, -0.1) is 0 Å². The van der Waals surface area contributed by atoms with Gasteiger partial charge >= 0.3 is 0 Å². The van der Waals surface area contributed by atoms with Gasteiger partial charge in [0.25, 0.3) is 0 Å². The Labute approximate surface area is 196 Å². The number of nitrogens with zero attached hydrogens (tertiary/aromatic N) is 3. The predicted molar refractivity (Wildman–Crippen MR) is 126 cm³/mol. The van der Waals surface area contributed by atoms with Crippen LogP contribution in [0.3, 0.4) is 0 Å². The van der Waals surface area contributed by atoms with Gasteiger partial charge in [0, 0.05) is 51.8 Å². The number of likely N-dealkylation sites (tertiary alicyclic amines) is 1. The number of hydrogen-bond acceptors (Lipinski definition) is 6. The molecule has 1 atom stereocenters. The van der Waals surface area contributed by atoms with E-state index in [1.54, 1.807) is 6.07 Å². The number of piperazine rings is 1. The zero-order valence-corrected chi connectivity index (χ0v) is 19.9. The largest absolute Gasteiger partial charge is 0.489 e. The maximum absolute atomic E-state index is 13.7. The summed E-state index contributed by atoms with van der Waals surface area (Å²) >= 11 is 0. The van der Waals surface area contributed by atoms with E-state index in [1.165, 1.54) is 29.9 Å². The number of imide groups is 1. The molecule has 3 aliphatic rings. The molecule has 1 aromatic carbocycles. The molecule has 1 saturated carbocycles. The van der Waals surface area contributed by atoms with E-state index in [0.717, 1.165) is 57.3 Å². The summed E-state index contributed by atoms with van der Waals surface area (Å²) in [6.45, 7) is 10.2. The van der Waals surface area contributed by atoms with Gasteiger partial charge in [0.15, 0.2) is 0 Å². The Kier molecular flexibility index (Phi) is 7.86. The zero-order valence-electron chi connectivity index (χ0n) is 19.9. The van der Waals surface area contributed by atoms with E-state index in [-0.39, 0.29) is 29.7 Å². The van der Waals surface area contributed by atoms with Gasteiger partial charge in [-0.3, -0.25) is 19.4 Å². The van der Waals surface area contributed by atoms with Gasteiger partial charge < -0.3 is 15.0 Å². The summed E-state index contributed by atoms with van der Waals surface area (Å²) in [5.74, 6) is 0.828. The summed E-state index contributed by atoms with van der Waals surface area (Å²) in [7, 11) is 0. The second-order valence-electron chi connectivity index (χ2n) is 9.85. The summed E-state index contributed by atoms with van der Waals surface area (Å²) in [5.41, 5.74) is 0.930. The van der Waals surface area contributed by atoms with Crippen molar-refractivity contribution >= 4 is 17.5 Å². The van der Waals surface area contributed by atoms with Crippen LogP contribution in [0.2, 0.25) is 0 Å². The topological polar surface area (TPSA) is 65.1 Å². The van der Waals surface area contributed by atoms with E-state index in [0.29, 0.717) is 25.3 Å². The van der Waals surface area contributed by atoms with Crippen molar-refractivity contribution in [2.75, 3.05) is 57.3 Å². The Morgan fingerprint density at radius 3 is 2.55 bits per heavy atom. The van der Waals surface area contributed by atoms with Crippen molar-refractivity contribution in [2.24, 2.45) is 11.8 Å². The number of carbonyl (C=O) groups excluding carboxylic acids is 2. The fourth-order valence-electron chi connectivity index (χ4n) is 4.69. The molecule has 4 rings (SSSR count). The van der Waals surface area contributed by atoms with Gasteiger partial charge in [-0.05, 0) is 64.3 Å². The molecule has 2 saturated heterocycles. The van der Waals surface area contributed by atoms with Gasteiger partial charge in [-0.2, -0.15) is 0 Å². The predicted octanol–water partition coefficient (Wildman–Crippen LogP) is 2.50. The van der Waals surface area contributed by atoms with Gasteiger partial charge in [0.05, 0.1) is 17.7 Å². The minimum absolute atomic E-state index is 0.0119. The quantitative estimate of drug-likeness (QED) is 0.512. The Balaban J connectivity index is 1.19. The molecular weight excluding hydrogens is 423 g/mol. The molecule has 33 heavy (non-hydrogen) atoms. The smallest absolute Gasteiger partial charge is 0.234 e. The molecule has 7 nitrogen and oxygen atoms in total. The monoisotopic (exact) mass is 460 g/mol. The average molecular weight is 461 g/mol. The number of anilines is 1. The maximum Gasteiger partial charge on any atom is 0.234 e. The van der Waals surface area contributed by atoms with Crippen molar-refractivity contribution in [3.05, 3.63) is 24.0 Å². The first-order valence-electron chi connectivity index (χ1n) is 12.4. The van der Waals surface area contributed by atoms with E-state index in [4.69, 9.17) is 4.74 Å². The molecule has 1 N–H and O–H groups in total. The van der Waals surface area contributed by atoms with Crippen LogP contribution in [0.4, 0.5) is 10.1 Å². The third kappa shape index (κ3) is 6.44. The van der Waals surface area contributed by atoms with Crippen LogP contribution < -0.4 is 15.0 Å². The van der Waals surface area contributed by atoms with Crippen molar-refractivity contribution in [1.29, 1.82) is 0 Å². The minimum atomic E-state index is -0.292. The summed E-state index contributed by atoms with van der Waals surface area (Å²) in [4.78, 5) is 31.0. The summed E-state index contributed by atoms with van der Waals surface area (Å²) in [6, 6.07) is 4.73. The molecule has 1 aromatic rings. The molecule has 2 amide bonds. The molecule has 1 aliphatic carbocycles. The first kappa shape index (κ1) is 24.0. The lowest BCUT2D eigenvalue weighted by Crippen LogP contribution is -2.47. The van der Waals surface area contributed by atoms with E-state index < -0.39 is 0 Å². The molecule has 0 bridgehead atoms. The zero-order chi connectivity index (χ0) is 23.4. The lowest BCUT2D eigenvalue weighted by molar-refractivity contribution is -0.139. The SMILES string of the molecule is CC(C)Oc1cc(F)ccc1N1CCN(CCCN2C(=O)CC(CNCC3CC3)C2=O)CC1. The fourth-order valence-corrected chi connectivity index (χ4v) is 4.69. The van der Waals surface area contributed by atoms with Crippen LogP contribution in [0.25, 0.3) is 0 Å². The molecule has 1 unspecified atom stereocenters. The highest BCUT2D eigenvalue weighted by molar-refractivity contribution is 6.03. The average Bonchev–Trinajstić information content (AvgIpc) is 3.56. The molecule has 0 radical (unpaired) electrons. The van der Waals surface area contributed by atoms with Crippen LogP contribution in [0, 0.1) is 17.7 Å². The van der Waals surface area contributed by atoms with Crippen molar-refractivity contribution in [3.8, 4) is 5.75 Å². The highest BCUT2D eigenvalue weighted by atomic mass is 19.1. The third-order valence-electron chi connectivity index (χ3n) is 6.71. The van der Waals surface area contributed by atoms with Gasteiger partial charge in [0.2, 0.25) is 11.8 Å². The van der Waals surface area contributed by atoms with Crippen LogP contribution in [-0.4, -0.2) is 80.1 Å². The number of benzene rings is 1. The molecule has 0 spiro atoms. The molecule has 8 heteroatoms. The number of nitrogens with one attached hydrogen (secondary N) is 1. The lowest BCUT2D eigenvalue weighted by Gasteiger charge is -2.37. The molecule has 182 valence electrons. The van der Waals surface area contributed by atoms with Gasteiger partial charge in [0.1, 0.15) is 11.6 Å². The second-order valence-corrected chi connectivity index (χ2v) is 9.85. The van der Waals surface area contributed by atoms with E-state index >= 15 is 0 Å². The Morgan fingerprint density at radius 2 is 1.85 bits per heavy atom. The summed E-state index contributed by atoms with van der Waals surface area (Å²) in [6.07, 6.45) is 3.67.